The fourth-order valence-electron chi connectivity index (χ4n) is 4.04. The van der Waals surface area contributed by atoms with Crippen LogP contribution in [0.25, 0.3) is 0 Å². The van der Waals surface area contributed by atoms with E-state index < -0.39 is 15.7 Å². The Labute approximate surface area is 152 Å². The molecular weight excluding hydrogens is 342 g/mol. The van der Waals surface area contributed by atoms with Crippen LogP contribution in [0.1, 0.15) is 65.7 Å². The molecule has 2 atom stereocenters. The van der Waals surface area contributed by atoms with Gasteiger partial charge in [-0.1, -0.05) is 32.1 Å². The highest BCUT2D eigenvalue weighted by atomic mass is 32.2. The molecule has 6 nitrogen and oxygen atoms in total. The van der Waals surface area contributed by atoms with Crippen LogP contribution < -0.4 is 0 Å². The lowest BCUT2D eigenvalue weighted by Gasteiger charge is -2.42. The van der Waals surface area contributed by atoms with Gasteiger partial charge in [0, 0.05) is 6.54 Å². The van der Waals surface area contributed by atoms with Gasteiger partial charge in [-0.3, -0.25) is 4.18 Å². The molecule has 1 aliphatic carbocycles. The zero-order valence-corrected chi connectivity index (χ0v) is 16.8. The molecule has 1 saturated heterocycles. The zero-order valence-electron chi connectivity index (χ0n) is 16.0. The van der Waals surface area contributed by atoms with Crippen LogP contribution in [0.2, 0.25) is 0 Å². The molecule has 0 N–H and O–H groups in total. The van der Waals surface area contributed by atoms with E-state index in [0.717, 1.165) is 19.1 Å². The molecule has 2 aliphatic rings. The van der Waals surface area contributed by atoms with Crippen LogP contribution in [0.15, 0.2) is 0 Å². The molecule has 2 unspecified atom stereocenters. The first kappa shape index (κ1) is 20.5. The second-order valence-corrected chi connectivity index (χ2v) is 10.1. The lowest BCUT2D eigenvalue weighted by Crippen LogP contribution is -2.51. The third kappa shape index (κ3) is 6.77. The Kier molecular flexibility index (Phi) is 6.76. The fraction of sp³-hybridized carbons (Fsp3) is 0.944. The maximum atomic E-state index is 12.5. The van der Waals surface area contributed by atoms with E-state index >= 15 is 0 Å². The second-order valence-electron chi connectivity index (χ2n) is 8.50. The van der Waals surface area contributed by atoms with Crippen molar-refractivity contribution in [2.75, 3.05) is 19.4 Å². The molecule has 0 aromatic carbocycles. The summed E-state index contributed by atoms with van der Waals surface area (Å²) in [7, 11) is -3.53. The van der Waals surface area contributed by atoms with Gasteiger partial charge in [-0.05, 0) is 45.4 Å². The molecule has 0 aromatic heterocycles. The SMILES string of the molecule is CC(C)(C)OC(=O)N1CCC(C2CCCCC2)CC1COS(C)(=O)=O. The molecule has 1 saturated carbocycles. The van der Waals surface area contributed by atoms with Crippen molar-refractivity contribution in [3.05, 3.63) is 0 Å². The van der Waals surface area contributed by atoms with Gasteiger partial charge in [0.15, 0.2) is 0 Å². The molecule has 0 bridgehead atoms. The number of hydrogen-bond donors (Lipinski definition) is 0. The molecule has 0 spiro atoms. The standard InChI is InChI=1S/C18H33NO5S/c1-18(2,3)24-17(20)19-11-10-15(14-8-6-5-7-9-14)12-16(19)13-23-25(4,21)22/h14-16H,5-13H2,1-4H3. The predicted octanol–water partition coefficient (Wildman–Crippen LogP) is 3.56. The van der Waals surface area contributed by atoms with E-state index in [1.165, 1.54) is 32.1 Å². The largest absolute Gasteiger partial charge is 0.444 e. The van der Waals surface area contributed by atoms with Crippen LogP contribution in [0, 0.1) is 11.8 Å². The molecule has 0 aromatic rings. The highest BCUT2D eigenvalue weighted by Crippen LogP contribution is 2.38. The van der Waals surface area contributed by atoms with Gasteiger partial charge in [-0.25, -0.2) is 4.79 Å². The summed E-state index contributed by atoms with van der Waals surface area (Å²) < 4.78 is 33.4. The van der Waals surface area contributed by atoms with Gasteiger partial charge in [0.05, 0.1) is 18.9 Å². The summed E-state index contributed by atoms with van der Waals surface area (Å²) in [5, 5.41) is 0. The smallest absolute Gasteiger partial charge is 0.410 e. The van der Waals surface area contributed by atoms with Gasteiger partial charge in [-0.15, -0.1) is 0 Å². The van der Waals surface area contributed by atoms with Crippen LogP contribution in [0.4, 0.5) is 4.79 Å². The van der Waals surface area contributed by atoms with E-state index in [0.29, 0.717) is 18.4 Å². The van der Waals surface area contributed by atoms with E-state index in [-0.39, 0.29) is 18.7 Å². The Balaban J connectivity index is 2.05. The summed E-state index contributed by atoms with van der Waals surface area (Å²) in [5.41, 5.74) is -0.570. The van der Waals surface area contributed by atoms with Crippen LogP contribution in [0.3, 0.4) is 0 Å². The van der Waals surface area contributed by atoms with E-state index in [9.17, 15) is 13.2 Å². The number of nitrogens with zero attached hydrogens (tertiary/aromatic N) is 1. The van der Waals surface area contributed by atoms with Crippen LogP contribution in [0.5, 0.6) is 0 Å². The van der Waals surface area contributed by atoms with Crippen molar-refractivity contribution in [3.63, 3.8) is 0 Å². The first-order valence-corrected chi connectivity index (χ1v) is 11.2. The minimum Gasteiger partial charge on any atom is -0.444 e. The fourth-order valence-corrected chi connectivity index (χ4v) is 4.44. The summed E-state index contributed by atoms with van der Waals surface area (Å²) in [5.74, 6) is 1.22. The van der Waals surface area contributed by atoms with Crippen molar-refractivity contribution in [2.45, 2.75) is 77.4 Å². The van der Waals surface area contributed by atoms with Gasteiger partial charge in [0.25, 0.3) is 10.1 Å². The third-order valence-electron chi connectivity index (χ3n) is 5.18. The maximum Gasteiger partial charge on any atom is 0.410 e. The molecule has 2 fully saturated rings. The van der Waals surface area contributed by atoms with E-state index in [2.05, 4.69) is 0 Å². The first-order chi connectivity index (χ1) is 11.6. The number of amides is 1. The molecule has 0 radical (unpaired) electrons. The average Bonchev–Trinajstić information content (AvgIpc) is 2.51. The maximum absolute atomic E-state index is 12.5. The summed E-state index contributed by atoms with van der Waals surface area (Å²) in [6.45, 7) is 6.13. The predicted molar refractivity (Wildman–Crippen MR) is 96.8 cm³/mol. The van der Waals surface area contributed by atoms with Gasteiger partial charge in [0.1, 0.15) is 5.60 Å². The van der Waals surface area contributed by atoms with E-state index in [4.69, 9.17) is 8.92 Å². The van der Waals surface area contributed by atoms with E-state index in [1.54, 1.807) is 4.90 Å². The molecule has 2 rings (SSSR count). The highest BCUT2D eigenvalue weighted by molar-refractivity contribution is 7.85. The van der Waals surface area contributed by atoms with Crippen molar-refractivity contribution in [3.8, 4) is 0 Å². The van der Waals surface area contributed by atoms with Crippen molar-refractivity contribution in [2.24, 2.45) is 11.8 Å². The Morgan fingerprint density at radius 3 is 2.28 bits per heavy atom. The second kappa shape index (κ2) is 8.25. The Morgan fingerprint density at radius 2 is 1.72 bits per heavy atom. The molecule has 1 aliphatic heterocycles. The monoisotopic (exact) mass is 375 g/mol. The third-order valence-corrected chi connectivity index (χ3v) is 5.74. The van der Waals surface area contributed by atoms with Crippen LogP contribution in [-0.4, -0.2) is 50.5 Å². The number of likely N-dealkylation sites (tertiary alicyclic amines) is 1. The van der Waals surface area contributed by atoms with Crippen molar-refractivity contribution in [1.82, 2.24) is 4.90 Å². The highest BCUT2D eigenvalue weighted by Gasteiger charge is 2.37. The van der Waals surface area contributed by atoms with Crippen molar-refractivity contribution < 1.29 is 22.1 Å². The number of hydrogen-bond acceptors (Lipinski definition) is 5. The van der Waals surface area contributed by atoms with Gasteiger partial charge in [-0.2, -0.15) is 8.42 Å². The van der Waals surface area contributed by atoms with Crippen LogP contribution in [-0.2, 0) is 19.0 Å². The minimum atomic E-state index is -3.53. The van der Waals surface area contributed by atoms with Gasteiger partial charge < -0.3 is 9.64 Å². The number of ether oxygens (including phenoxy) is 1. The van der Waals surface area contributed by atoms with Gasteiger partial charge in [0.2, 0.25) is 0 Å². The molecule has 146 valence electrons. The number of piperidine rings is 1. The minimum absolute atomic E-state index is 0.0152. The van der Waals surface area contributed by atoms with Crippen molar-refractivity contribution >= 4 is 16.2 Å². The average molecular weight is 376 g/mol. The summed E-state index contributed by atoms with van der Waals surface area (Å²) in [4.78, 5) is 14.2. The molecule has 7 heteroatoms. The summed E-state index contributed by atoms with van der Waals surface area (Å²) >= 11 is 0. The number of carbonyl (C=O) groups excluding carboxylic acids is 1. The first-order valence-electron chi connectivity index (χ1n) is 9.39. The van der Waals surface area contributed by atoms with E-state index in [1.807, 2.05) is 20.8 Å². The lowest BCUT2D eigenvalue weighted by molar-refractivity contribution is -0.00833. The molecule has 1 heterocycles. The topological polar surface area (TPSA) is 72.9 Å². The quantitative estimate of drug-likeness (QED) is 0.703. The summed E-state index contributed by atoms with van der Waals surface area (Å²) in [6, 6.07) is -0.245. The Bertz CT molecular complexity index is 548. The van der Waals surface area contributed by atoms with Gasteiger partial charge >= 0.3 is 6.09 Å². The molecule has 1 amide bonds. The van der Waals surface area contributed by atoms with Crippen molar-refractivity contribution in [1.29, 1.82) is 0 Å². The molecule has 25 heavy (non-hydrogen) atoms. The lowest BCUT2D eigenvalue weighted by atomic mass is 9.74. The normalized spacial score (nSPS) is 26.5. The zero-order chi connectivity index (χ0) is 18.7. The Hall–Kier alpha value is -0.820. The number of carbonyl (C=O) groups is 1. The Morgan fingerprint density at radius 1 is 1.08 bits per heavy atom. The number of rotatable bonds is 4. The summed E-state index contributed by atoms with van der Waals surface area (Å²) in [6.07, 6.45) is 8.78. The molecular formula is C18H33NO5S. The van der Waals surface area contributed by atoms with Crippen LogP contribution >= 0.6 is 0 Å².